The van der Waals surface area contributed by atoms with Gasteiger partial charge < -0.3 is 18.6 Å². The monoisotopic (exact) mass is 420 g/mol. The zero-order chi connectivity index (χ0) is 21.7. The zero-order valence-electron chi connectivity index (χ0n) is 17.6. The molecule has 3 aromatic rings. The predicted octanol–water partition coefficient (Wildman–Crippen LogP) is 2.46. The second kappa shape index (κ2) is 7.41. The van der Waals surface area contributed by atoms with E-state index in [4.69, 9.17) is 9.15 Å². The van der Waals surface area contributed by atoms with E-state index in [0.717, 1.165) is 23.1 Å². The molecule has 160 valence electrons. The van der Waals surface area contributed by atoms with E-state index < -0.39 is 5.63 Å². The van der Waals surface area contributed by atoms with Gasteiger partial charge in [-0.15, -0.1) is 0 Å². The van der Waals surface area contributed by atoms with E-state index in [1.54, 1.807) is 25.3 Å². The summed E-state index contributed by atoms with van der Waals surface area (Å²) in [6.45, 7) is 3.65. The zero-order valence-corrected chi connectivity index (χ0v) is 17.6. The summed E-state index contributed by atoms with van der Waals surface area (Å²) in [6.07, 6.45) is 0.989. The summed E-state index contributed by atoms with van der Waals surface area (Å²) in [5, 5.41) is 0.798. The predicted molar refractivity (Wildman–Crippen MR) is 116 cm³/mol. The minimum atomic E-state index is -0.485. The van der Waals surface area contributed by atoms with E-state index >= 15 is 0 Å². The fourth-order valence-corrected chi connectivity index (χ4v) is 5.07. The summed E-state index contributed by atoms with van der Waals surface area (Å²) < 4.78 is 12.5. The molecule has 31 heavy (non-hydrogen) atoms. The van der Waals surface area contributed by atoms with Crippen molar-refractivity contribution in [2.75, 3.05) is 20.2 Å². The van der Waals surface area contributed by atoms with Crippen LogP contribution in [0.2, 0.25) is 0 Å². The average molecular weight is 420 g/mol. The molecule has 2 aliphatic rings. The standard InChI is InChI=1S/C24H24N2O5/c1-14-18-7-6-17(30-2)9-21(18)31-24(29)19(14)10-23(28)25-11-15-8-16(13-25)20-4-3-5-22(27)26(20)12-15/h3-7,9,15-16H,8,10-13H2,1-2H3/t15-,16+/m0/s1. The molecule has 1 aromatic carbocycles. The van der Waals surface area contributed by atoms with Crippen molar-refractivity contribution in [3.05, 3.63) is 74.0 Å². The van der Waals surface area contributed by atoms with Crippen molar-refractivity contribution < 1.29 is 13.9 Å². The first kappa shape index (κ1) is 19.6. The number of amides is 1. The molecule has 2 bridgehead atoms. The molecule has 7 heteroatoms. The first-order valence-corrected chi connectivity index (χ1v) is 10.5. The fourth-order valence-electron chi connectivity index (χ4n) is 5.07. The van der Waals surface area contributed by atoms with Crippen LogP contribution in [0.25, 0.3) is 11.0 Å². The van der Waals surface area contributed by atoms with E-state index in [1.807, 2.05) is 34.6 Å². The number of likely N-dealkylation sites (tertiary alicyclic amines) is 1. The van der Waals surface area contributed by atoms with Crippen LogP contribution in [0.5, 0.6) is 5.75 Å². The van der Waals surface area contributed by atoms with Crippen LogP contribution in [0, 0.1) is 12.8 Å². The molecule has 5 rings (SSSR count). The summed E-state index contributed by atoms with van der Waals surface area (Å²) in [4.78, 5) is 39.9. The van der Waals surface area contributed by atoms with Crippen molar-refractivity contribution in [1.29, 1.82) is 0 Å². The number of aromatic nitrogens is 1. The Hall–Kier alpha value is -3.35. The Labute approximate surface area is 178 Å². The molecule has 1 amide bonds. The third kappa shape index (κ3) is 3.34. The van der Waals surface area contributed by atoms with E-state index in [9.17, 15) is 14.4 Å². The molecule has 7 nitrogen and oxygen atoms in total. The van der Waals surface area contributed by atoms with Crippen LogP contribution in [0.15, 0.2) is 50.4 Å². The van der Waals surface area contributed by atoms with Gasteiger partial charge in [-0.2, -0.15) is 0 Å². The molecule has 1 fully saturated rings. The van der Waals surface area contributed by atoms with Crippen LogP contribution in [0.4, 0.5) is 0 Å². The summed E-state index contributed by atoms with van der Waals surface area (Å²) in [5.41, 5.74) is 2.14. The number of nitrogens with zero attached hydrogens (tertiary/aromatic N) is 2. The summed E-state index contributed by atoms with van der Waals surface area (Å²) in [5.74, 6) is 0.923. The molecular weight excluding hydrogens is 396 g/mol. The number of carbonyl (C=O) groups is 1. The molecule has 2 aliphatic heterocycles. The molecule has 0 unspecified atom stereocenters. The molecule has 0 N–H and O–H groups in total. The van der Waals surface area contributed by atoms with Crippen LogP contribution in [-0.4, -0.2) is 35.6 Å². The third-order valence-corrected chi connectivity index (χ3v) is 6.65. The lowest BCUT2D eigenvalue weighted by Gasteiger charge is -2.42. The van der Waals surface area contributed by atoms with E-state index in [1.165, 1.54) is 0 Å². The Morgan fingerprint density at radius 2 is 2.00 bits per heavy atom. The van der Waals surface area contributed by atoms with Crippen molar-refractivity contribution in [3.8, 4) is 5.75 Å². The highest BCUT2D eigenvalue weighted by atomic mass is 16.5. The first-order chi connectivity index (χ1) is 14.9. The van der Waals surface area contributed by atoms with Gasteiger partial charge in [0.25, 0.3) is 5.56 Å². The van der Waals surface area contributed by atoms with Gasteiger partial charge in [0.15, 0.2) is 0 Å². The SMILES string of the molecule is COc1ccc2c(C)c(CC(=O)N3C[C@@H]4C[C@H](C3)c3cccc(=O)n3C4)c(=O)oc2c1. The third-order valence-electron chi connectivity index (χ3n) is 6.65. The minimum absolute atomic E-state index is 0.0111. The highest BCUT2D eigenvalue weighted by molar-refractivity contribution is 5.85. The molecule has 0 saturated carbocycles. The van der Waals surface area contributed by atoms with Crippen LogP contribution < -0.4 is 15.9 Å². The number of piperidine rings is 1. The van der Waals surface area contributed by atoms with Crippen LogP contribution in [-0.2, 0) is 17.8 Å². The average Bonchev–Trinajstić information content (AvgIpc) is 2.76. The number of aryl methyl sites for hydroxylation is 1. The largest absolute Gasteiger partial charge is 0.497 e. The first-order valence-electron chi connectivity index (χ1n) is 10.5. The summed E-state index contributed by atoms with van der Waals surface area (Å²) in [6, 6.07) is 10.7. The van der Waals surface area contributed by atoms with Gasteiger partial charge in [-0.05, 0) is 43.0 Å². The molecule has 4 heterocycles. The number of benzene rings is 1. The summed E-state index contributed by atoms with van der Waals surface area (Å²) >= 11 is 0. The van der Waals surface area contributed by atoms with Gasteiger partial charge in [0.2, 0.25) is 5.91 Å². The number of methoxy groups -OCH3 is 1. The van der Waals surface area contributed by atoms with Crippen molar-refractivity contribution in [1.82, 2.24) is 9.47 Å². The molecule has 1 saturated heterocycles. The maximum Gasteiger partial charge on any atom is 0.340 e. The number of fused-ring (bicyclic) bond motifs is 5. The van der Waals surface area contributed by atoms with E-state index in [-0.39, 0.29) is 29.7 Å². The molecule has 2 atom stereocenters. The van der Waals surface area contributed by atoms with E-state index in [2.05, 4.69) is 0 Å². The van der Waals surface area contributed by atoms with Crippen molar-refractivity contribution in [2.45, 2.75) is 32.2 Å². The highest BCUT2D eigenvalue weighted by Gasteiger charge is 2.36. The lowest BCUT2D eigenvalue weighted by Crippen LogP contribution is -2.49. The molecule has 0 spiro atoms. The second-order valence-corrected chi connectivity index (χ2v) is 8.53. The number of carbonyl (C=O) groups excluding carboxylic acids is 1. The lowest BCUT2D eigenvalue weighted by molar-refractivity contribution is -0.133. The van der Waals surface area contributed by atoms with E-state index in [0.29, 0.717) is 36.5 Å². The number of rotatable bonds is 3. The van der Waals surface area contributed by atoms with Gasteiger partial charge in [0, 0.05) is 48.8 Å². The normalized spacial score (nSPS) is 19.9. The van der Waals surface area contributed by atoms with Gasteiger partial charge in [-0.3, -0.25) is 9.59 Å². The smallest absolute Gasteiger partial charge is 0.340 e. The molecular formula is C24H24N2O5. The van der Waals surface area contributed by atoms with Gasteiger partial charge in [0.05, 0.1) is 19.1 Å². The van der Waals surface area contributed by atoms with Gasteiger partial charge >= 0.3 is 5.63 Å². The van der Waals surface area contributed by atoms with Crippen molar-refractivity contribution >= 4 is 16.9 Å². The van der Waals surface area contributed by atoms with Crippen molar-refractivity contribution in [3.63, 3.8) is 0 Å². The maximum absolute atomic E-state index is 13.2. The Morgan fingerprint density at radius 1 is 1.16 bits per heavy atom. The minimum Gasteiger partial charge on any atom is -0.497 e. The Balaban J connectivity index is 1.42. The van der Waals surface area contributed by atoms with Crippen molar-refractivity contribution in [2.24, 2.45) is 5.92 Å². The van der Waals surface area contributed by atoms with Gasteiger partial charge in [-0.25, -0.2) is 4.79 Å². The van der Waals surface area contributed by atoms with Gasteiger partial charge in [0.1, 0.15) is 11.3 Å². The Bertz CT molecular complexity index is 1310. The molecule has 0 aliphatic carbocycles. The van der Waals surface area contributed by atoms with Gasteiger partial charge in [-0.1, -0.05) is 6.07 Å². The number of hydrogen-bond donors (Lipinski definition) is 0. The maximum atomic E-state index is 13.2. The Morgan fingerprint density at radius 3 is 2.81 bits per heavy atom. The molecule has 0 radical (unpaired) electrons. The van der Waals surface area contributed by atoms with Crippen LogP contribution >= 0.6 is 0 Å². The number of pyridine rings is 1. The quantitative estimate of drug-likeness (QED) is 0.608. The van der Waals surface area contributed by atoms with Crippen LogP contribution in [0.3, 0.4) is 0 Å². The highest BCUT2D eigenvalue weighted by Crippen LogP contribution is 2.35. The number of ether oxygens (including phenoxy) is 1. The lowest BCUT2D eigenvalue weighted by atomic mass is 9.83. The second-order valence-electron chi connectivity index (χ2n) is 8.53. The molecule has 2 aromatic heterocycles. The summed E-state index contributed by atoms with van der Waals surface area (Å²) in [7, 11) is 1.56. The fraction of sp³-hybridized carbons (Fsp3) is 0.375. The topological polar surface area (TPSA) is 81.8 Å². The van der Waals surface area contributed by atoms with Crippen LogP contribution in [0.1, 0.15) is 29.2 Å². The Kier molecular flexibility index (Phi) is 4.68. The number of hydrogen-bond acceptors (Lipinski definition) is 5.